The molecule has 102 valence electrons. The Morgan fingerprint density at radius 1 is 1.21 bits per heavy atom. The van der Waals surface area contributed by atoms with Crippen molar-refractivity contribution in [2.45, 2.75) is 39.2 Å². The van der Waals surface area contributed by atoms with Crippen molar-refractivity contribution in [3.63, 3.8) is 0 Å². The molecular weight excluding hydrogens is 252 g/mol. The average Bonchev–Trinajstić information content (AvgIpc) is 2.92. The first-order valence-electron chi connectivity index (χ1n) is 6.91. The maximum atomic E-state index is 4.43. The normalized spacial score (nSPS) is 12.8. The maximum absolute atomic E-state index is 4.43. The molecule has 0 radical (unpaired) electrons. The van der Waals surface area contributed by atoms with Crippen molar-refractivity contribution in [2.75, 3.05) is 6.54 Å². The molecule has 0 bridgehead atoms. The third-order valence-electron chi connectivity index (χ3n) is 3.35. The highest BCUT2D eigenvalue weighted by molar-refractivity contribution is 7.07. The monoisotopic (exact) mass is 274 g/mol. The van der Waals surface area contributed by atoms with E-state index in [4.69, 9.17) is 0 Å². The Hall–Kier alpha value is -1.19. The first-order chi connectivity index (χ1) is 9.20. The second kappa shape index (κ2) is 6.83. The maximum Gasteiger partial charge on any atom is 0.0795 e. The molecule has 0 aliphatic heterocycles. The van der Waals surface area contributed by atoms with Gasteiger partial charge in [-0.2, -0.15) is 0 Å². The number of nitrogens with zero attached hydrogens (tertiary/aromatic N) is 1. The summed E-state index contributed by atoms with van der Waals surface area (Å²) in [5, 5.41) is 5.65. The van der Waals surface area contributed by atoms with Gasteiger partial charge in [0.15, 0.2) is 0 Å². The number of nitrogens with one attached hydrogen (secondary N) is 1. The van der Waals surface area contributed by atoms with Crippen molar-refractivity contribution in [2.24, 2.45) is 0 Å². The quantitative estimate of drug-likeness (QED) is 0.855. The van der Waals surface area contributed by atoms with Crippen molar-refractivity contribution in [1.82, 2.24) is 10.3 Å². The number of benzene rings is 1. The summed E-state index contributed by atoms with van der Waals surface area (Å²) in [7, 11) is 0. The van der Waals surface area contributed by atoms with Gasteiger partial charge in [-0.25, -0.2) is 4.98 Å². The van der Waals surface area contributed by atoms with Gasteiger partial charge in [-0.15, -0.1) is 11.3 Å². The van der Waals surface area contributed by atoms with Crippen LogP contribution in [0.25, 0.3) is 0 Å². The predicted molar refractivity (Wildman–Crippen MR) is 82.8 cm³/mol. The van der Waals surface area contributed by atoms with E-state index in [0.717, 1.165) is 18.7 Å². The van der Waals surface area contributed by atoms with Crippen molar-refractivity contribution >= 4 is 11.3 Å². The minimum atomic E-state index is 0.321. The van der Waals surface area contributed by atoms with Gasteiger partial charge >= 0.3 is 0 Å². The molecule has 0 amide bonds. The van der Waals surface area contributed by atoms with Crippen LogP contribution in [-0.4, -0.2) is 11.5 Å². The molecular formula is C16H22N2S. The van der Waals surface area contributed by atoms with Crippen LogP contribution in [-0.2, 0) is 6.42 Å². The van der Waals surface area contributed by atoms with E-state index in [1.165, 1.54) is 11.1 Å². The van der Waals surface area contributed by atoms with Gasteiger partial charge in [0, 0.05) is 5.38 Å². The summed E-state index contributed by atoms with van der Waals surface area (Å²) in [5.74, 6) is 0.595. The SMILES string of the molecule is CCNC(Cc1ccc(C(C)C)cc1)c1cscn1. The van der Waals surface area contributed by atoms with Crippen LogP contribution >= 0.6 is 11.3 Å². The van der Waals surface area contributed by atoms with Gasteiger partial charge in [-0.1, -0.05) is 45.0 Å². The van der Waals surface area contributed by atoms with E-state index in [-0.39, 0.29) is 0 Å². The summed E-state index contributed by atoms with van der Waals surface area (Å²) in [6.07, 6.45) is 0.996. The molecule has 3 heteroatoms. The molecule has 1 atom stereocenters. The fraction of sp³-hybridized carbons (Fsp3) is 0.438. The van der Waals surface area contributed by atoms with Gasteiger partial charge in [0.05, 0.1) is 17.2 Å². The Labute approximate surface area is 119 Å². The number of likely N-dealkylation sites (N-methyl/N-ethyl adjacent to an activating group) is 1. The third kappa shape index (κ3) is 3.88. The summed E-state index contributed by atoms with van der Waals surface area (Å²) in [4.78, 5) is 4.43. The van der Waals surface area contributed by atoms with Crippen LogP contribution in [0.15, 0.2) is 35.2 Å². The van der Waals surface area contributed by atoms with Crippen LogP contribution in [0.4, 0.5) is 0 Å². The lowest BCUT2D eigenvalue weighted by Gasteiger charge is -2.16. The lowest BCUT2D eigenvalue weighted by Crippen LogP contribution is -2.23. The van der Waals surface area contributed by atoms with Gasteiger partial charge in [-0.05, 0) is 30.0 Å². The largest absolute Gasteiger partial charge is 0.309 e. The van der Waals surface area contributed by atoms with Crippen LogP contribution in [0.2, 0.25) is 0 Å². The molecule has 1 N–H and O–H groups in total. The van der Waals surface area contributed by atoms with Gasteiger partial charge < -0.3 is 5.32 Å². The number of hydrogen-bond acceptors (Lipinski definition) is 3. The second-order valence-corrected chi connectivity index (χ2v) is 5.84. The fourth-order valence-corrected chi connectivity index (χ4v) is 2.80. The molecule has 0 aliphatic carbocycles. The Bertz CT molecular complexity index is 474. The highest BCUT2D eigenvalue weighted by Crippen LogP contribution is 2.20. The third-order valence-corrected chi connectivity index (χ3v) is 3.95. The first-order valence-corrected chi connectivity index (χ1v) is 7.85. The lowest BCUT2D eigenvalue weighted by atomic mass is 9.98. The van der Waals surface area contributed by atoms with E-state index >= 15 is 0 Å². The molecule has 1 aromatic heterocycles. The molecule has 0 aliphatic rings. The molecule has 1 aromatic carbocycles. The van der Waals surface area contributed by atoms with Gasteiger partial charge in [0.1, 0.15) is 0 Å². The molecule has 2 rings (SSSR count). The zero-order chi connectivity index (χ0) is 13.7. The summed E-state index contributed by atoms with van der Waals surface area (Å²) >= 11 is 1.66. The highest BCUT2D eigenvalue weighted by atomic mass is 32.1. The Morgan fingerprint density at radius 3 is 2.47 bits per heavy atom. The van der Waals surface area contributed by atoms with Crippen LogP contribution in [0.1, 0.15) is 49.6 Å². The number of hydrogen-bond donors (Lipinski definition) is 1. The van der Waals surface area contributed by atoms with Crippen LogP contribution in [0.3, 0.4) is 0 Å². The standard InChI is InChI=1S/C16H22N2S/c1-4-17-15(16-10-19-11-18-16)9-13-5-7-14(8-6-13)12(2)3/h5-8,10-12,15,17H,4,9H2,1-3H3. The molecule has 1 unspecified atom stereocenters. The second-order valence-electron chi connectivity index (χ2n) is 5.12. The van der Waals surface area contributed by atoms with Crippen LogP contribution in [0, 0.1) is 0 Å². The molecule has 19 heavy (non-hydrogen) atoms. The van der Waals surface area contributed by atoms with Crippen molar-refractivity contribution in [3.05, 3.63) is 52.0 Å². The van der Waals surface area contributed by atoms with E-state index in [1.54, 1.807) is 11.3 Å². The van der Waals surface area contributed by atoms with E-state index in [9.17, 15) is 0 Å². The van der Waals surface area contributed by atoms with Crippen molar-refractivity contribution in [3.8, 4) is 0 Å². The van der Waals surface area contributed by atoms with Gasteiger partial charge in [-0.3, -0.25) is 0 Å². The van der Waals surface area contributed by atoms with Crippen molar-refractivity contribution in [1.29, 1.82) is 0 Å². The smallest absolute Gasteiger partial charge is 0.0795 e. The minimum absolute atomic E-state index is 0.321. The number of thiazole rings is 1. The fourth-order valence-electron chi connectivity index (χ4n) is 2.20. The average molecular weight is 274 g/mol. The van der Waals surface area contributed by atoms with E-state index in [1.807, 2.05) is 5.51 Å². The Kier molecular flexibility index (Phi) is 5.11. The predicted octanol–water partition coefficient (Wildman–Crippen LogP) is 4.16. The Morgan fingerprint density at radius 2 is 1.95 bits per heavy atom. The lowest BCUT2D eigenvalue weighted by molar-refractivity contribution is 0.539. The number of rotatable bonds is 6. The molecule has 2 nitrogen and oxygen atoms in total. The molecule has 0 spiro atoms. The summed E-state index contributed by atoms with van der Waals surface area (Å²) in [6, 6.07) is 9.28. The van der Waals surface area contributed by atoms with E-state index in [2.05, 4.69) is 60.7 Å². The summed E-state index contributed by atoms with van der Waals surface area (Å²) in [5.41, 5.74) is 5.82. The van der Waals surface area contributed by atoms with E-state index < -0.39 is 0 Å². The molecule has 1 heterocycles. The van der Waals surface area contributed by atoms with Crippen LogP contribution in [0.5, 0.6) is 0 Å². The topological polar surface area (TPSA) is 24.9 Å². The van der Waals surface area contributed by atoms with Crippen LogP contribution < -0.4 is 5.32 Å². The highest BCUT2D eigenvalue weighted by Gasteiger charge is 2.13. The molecule has 0 saturated heterocycles. The molecule has 0 saturated carbocycles. The summed E-state index contributed by atoms with van der Waals surface area (Å²) < 4.78 is 0. The van der Waals surface area contributed by atoms with E-state index in [0.29, 0.717) is 12.0 Å². The van der Waals surface area contributed by atoms with Gasteiger partial charge in [0.2, 0.25) is 0 Å². The molecule has 0 fully saturated rings. The van der Waals surface area contributed by atoms with Gasteiger partial charge in [0.25, 0.3) is 0 Å². The van der Waals surface area contributed by atoms with Crippen molar-refractivity contribution < 1.29 is 0 Å². The zero-order valence-corrected chi connectivity index (χ0v) is 12.7. The first kappa shape index (κ1) is 14.2. The molecule has 2 aromatic rings. The number of aromatic nitrogens is 1. The Balaban J connectivity index is 2.09. The summed E-state index contributed by atoms with van der Waals surface area (Å²) in [6.45, 7) is 7.56. The minimum Gasteiger partial charge on any atom is -0.309 e. The zero-order valence-electron chi connectivity index (χ0n) is 11.9.